The predicted molar refractivity (Wildman–Crippen MR) is 141 cm³/mol. The third-order valence-electron chi connectivity index (χ3n) is 12.5. The van der Waals surface area contributed by atoms with Gasteiger partial charge in [0, 0.05) is 4.75 Å². The Labute approximate surface area is 205 Å². The van der Waals surface area contributed by atoms with Crippen LogP contribution in [0.3, 0.4) is 0 Å². The molecule has 4 rings (SSSR count). The third-order valence-corrected chi connectivity index (χ3v) is 13.2. The second-order valence-corrected chi connectivity index (χ2v) is 15.1. The van der Waals surface area contributed by atoms with Gasteiger partial charge in [0.15, 0.2) is 0 Å². The van der Waals surface area contributed by atoms with Crippen LogP contribution in [0.4, 0.5) is 0 Å². The Balaban J connectivity index is 1.71. The standard InChI is InChI=1S/C30H52OS/c1-9-10-24-28(7)14-13-25(31)26(4,5)23(28)12-15-29(24,8)27(6)17-18-30(32)16-11-21(20(2)3)22(30)19-27/h21-25,31-32H,2,9-19H2,1,3-8H3/t21-,22-,23-,24+,25-,27+,28-,29+,30-/m0/s1. The molecule has 0 heterocycles. The van der Waals surface area contributed by atoms with Crippen molar-refractivity contribution >= 4 is 12.6 Å². The maximum absolute atomic E-state index is 10.9. The fourth-order valence-corrected chi connectivity index (χ4v) is 10.7. The molecule has 4 aliphatic carbocycles. The van der Waals surface area contributed by atoms with Crippen LogP contribution in [0, 0.1) is 45.3 Å². The van der Waals surface area contributed by atoms with E-state index in [1.165, 1.54) is 69.8 Å². The SMILES string of the molecule is C=C(C)[C@@H]1CC[C@]2(S)CC[C@@](C)([C@]3(C)CC[C@H]4C(C)(C)[C@@H](O)CC[C@]4(C)[C@H]3CCC)C[C@@H]12. The smallest absolute Gasteiger partial charge is 0.0594 e. The first-order valence-electron chi connectivity index (χ1n) is 13.8. The summed E-state index contributed by atoms with van der Waals surface area (Å²) < 4.78 is 0.234. The van der Waals surface area contributed by atoms with Gasteiger partial charge in [-0.25, -0.2) is 0 Å². The Morgan fingerprint density at radius 2 is 1.66 bits per heavy atom. The third kappa shape index (κ3) is 3.42. The summed E-state index contributed by atoms with van der Waals surface area (Å²) in [6, 6.07) is 0. The molecule has 9 atom stereocenters. The Morgan fingerprint density at radius 3 is 2.28 bits per heavy atom. The van der Waals surface area contributed by atoms with Gasteiger partial charge in [-0.15, -0.1) is 0 Å². The number of rotatable bonds is 4. The molecule has 0 aliphatic heterocycles. The summed E-state index contributed by atoms with van der Waals surface area (Å²) in [5.74, 6) is 2.73. The van der Waals surface area contributed by atoms with Crippen LogP contribution in [-0.4, -0.2) is 16.0 Å². The van der Waals surface area contributed by atoms with Crippen molar-refractivity contribution in [2.24, 2.45) is 45.3 Å². The van der Waals surface area contributed by atoms with Crippen LogP contribution in [-0.2, 0) is 0 Å². The monoisotopic (exact) mass is 460 g/mol. The largest absolute Gasteiger partial charge is 0.393 e. The van der Waals surface area contributed by atoms with Crippen molar-refractivity contribution in [3.05, 3.63) is 12.2 Å². The fourth-order valence-electron chi connectivity index (χ4n) is 10.2. The van der Waals surface area contributed by atoms with Gasteiger partial charge in [0.05, 0.1) is 6.10 Å². The molecule has 0 spiro atoms. The zero-order valence-electron chi connectivity index (χ0n) is 22.3. The molecule has 32 heavy (non-hydrogen) atoms. The minimum absolute atomic E-state index is 0.0323. The molecule has 4 aliphatic rings. The highest BCUT2D eigenvalue weighted by molar-refractivity contribution is 7.81. The summed E-state index contributed by atoms with van der Waals surface area (Å²) in [6.07, 6.45) is 13.8. The lowest BCUT2D eigenvalue weighted by Crippen LogP contribution is -2.62. The van der Waals surface area contributed by atoms with Gasteiger partial charge in [0.25, 0.3) is 0 Å². The Hall–Kier alpha value is 0.0500. The van der Waals surface area contributed by atoms with E-state index in [-0.39, 0.29) is 16.3 Å². The quantitative estimate of drug-likeness (QED) is 0.318. The van der Waals surface area contributed by atoms with Crippen LogP contribution in [0.15, 0.2) is 12.2 Å². The fraction of sp³-hybridized carbons (Fsp3) is 0.933. The zero-order chi connectivity index (χ0) is 23.7. The van der Waals surface area contributed by atoms with E-state index in [1.54, 1.807) is 0 Å². The highest BCUT2D eigenvalue weighted by Gasteiger charge is 2.65. The predicted octanol–water partition coefficient (Wildman–Crippen LogP) is 8.47. The van der Waals surface area contributed by atoms with E-state index in [0.717, 1.165) is 12.3 Å². The van der Waals surface area contributed by atoms with E-state index >= 15 is 0 Å². The molecule has 4 fully saturated rings. The van der Waals surface area contributed by atoms with Crippen molar-refractivity contribution in [2.45, 2.75) is 130 Å². The summed E-state index contributed by atoms with van der Waals surface area (Å²) >= 11 is 5.35. The maximum atomic E-state index is 10.9. The van der Waals surface area contributed by atoms with E-state index in [9.17, 15) is 5.11 Å². The van der Waals surface area contributed by atoms with Gasteiger partial charge in [0.2, 0.25) is 0 Å². The lowest BCUT2D eigenvalue weighted by molar-refractivity contribution is -0.206. The topological polar surface area (TPSA) is 20.2 Å². The van der Waals surface area contributed by atoms with Crippen LogP contribution in [0.25, 0.3) is 0 Å². The van der Waals surface area contributed by atoms with Gasteiger partial charge in [0.1, 0.15) is 0 Å². The van der Waals surface area contributed by atoms with Crippen LogP contribution < -0.4 is 0 Å². The minimum atomic E-state index is -0.142. The highest BCUT2D eigenvalue weighted by atomic mass is 32.1. The molecule has 1 N–H and O–H groups in total. The molecule has 4 saturated carbocycles. The molecule has 1 nitrogen and oxygen atoms in total. The Kier molecular flexibility index (Phi) is 6.32. The lowest BCUT2D eigenvalue weighted by atomic mass is 9.37. The molecular weight excluding hydrogens is 408 g/mol. The van der Waals surface area contributed by atoms with Crippen LogP contribution in [0.5, 0.6) is 0 Å². The molecule has 0 aromatic carbocycles. The first-order chi connectivity index (χ1) is 14.8. The van der Waals surface area contributed by atoms with Crippen molar-refractivity contribution in [2.75, 3.05) is 0 Å². The number of aliphatic hydroxyl groups excluding tert-OH is 1. The summed E-state index contributed by atoms with van der Waals surface area (Å²) in [4.78, 5) is 0. The second kappa shape index (κ2) is 8.04. The van der Waals surface area contributed by atoms with E-state index in [0.29, 0.717) is 34.0 Å². The molecular formula is C30H52OS. The Bertz CT molecular complexity index is 743. The number of aliphatic hydroxyl groups is 1. The highest BCUT2D eigenvalue weighted by Crippen LogP contribution is 2.72. The molecule has 0 saturated heterocycles. The Morgan fingerprint density at radius 1 is 0.969 bits per heavy atom. The van der Waals surface area contributed by atoms with Gasteiger partial charge in [-0.2, -0.15) is 12.6 Å². The number of thiol groups is 1. The summed E-state index contributed by atoms with van der Waals surface area (Å²) in [5, 5.41) is 10.9. The van der Waals surface area contributed by atoms with Crippen molar-refractivity contribution < 1.29 is 5.11 Å². The zero-order valence-corrected chi connectivity index (χ0v) is 23.2. The number of hydrogen-bond donors (Lipinski definition) is 2. The van der Waals surface area contributed by atoms with Crippen LogP contribution in [0.2, 0.25) is 0 Å². The number of fused-ring (bicyclic) bond motifs is 2. The molecule has 0 aromatic rings. The average molecular weight is 461 g/mol. The van der Waals surface area contributed by atoms with Gasteiger partial charge in [-0.3, -0.25) is 0 Å². The van der Waals surface area contributed by atoms with Gasteiger partial charge < -0.3 is 5.11 Å². The average Bonchev–Trinajstić information content (AvgIpc) is 3.05. The summed E-state index contributed by atoms with van der Waals surface area (Å²) in [5.41, 5.74) is 2.50. The van der Waals surface area contributed by atoms with Crippen molar-refractivity contribution in [1.29, 1.82) is 0 Å². The van der Waals surface area contributed by atoms with E-state index in [4.69, 9.17) is 12.6 Å². The van der Waals surface area contributed by atoms with Crippen molar-refractivity contribution in [1.82, 2.24) is 0 Å². The maximum Gasteiger partial charge on any atom is 0.0594 e. The van der Waals surface area contributed by atoms with E-state index < -0.39 is 0 Å². The van der Waals surface area contributed by atoms with Crippen molar-refractivity contribution in [3.8, 4) is 0 Å². The van der Waals surface area contributed by atoms with E-state index in [2.05, 4.69) is 55.0 Å². The molecule has 0 bridgehead atoms. The summed E-state index contributed by atoms with van der Waals surface area (Å²) in [6.45, 7) is 21.8. The normalized spacial score (nSPS) is 52.8. The van der Waals surface area contributed by atoms with Gasteiger partial charge in [-0.05, 0) is 116 Å². The molecule has 2 heteroatoms. The molecule has 0 aromatic heterocycles. The van der Waals surface area contributed by atoms with Gasteiger partial charge in [-0.1, -0.05) is 60.1 Å². The number of hydrogen-bond acceptors (Lipinski definition) is 2. The molecule has 0 radical (unpaired) electrons. The summed E-state index contributed by atoms with van der Waals surface area (Å²) in [7, 11) is 0. The minimum Gasteiger partial charge on any atom is -0.393 e. The molecule has 0 unspecified atom stereocenters. The lowest BCUT2D eigenvalue weighted by Gasteiger charge is -2.68. The second-order valence-electron chi connectivity index (χ2n) is 14.2. The molecule has 184 valence electrons. The van der Waals surface area contributed by atoms with Crippen LogP contribution in [0.1, 0.15) is 119 Å². The molecule has 0 amide bonds. The first kappa shape index (κ1) is 25.2. The van der Waals surface area contributed by atoms with E-state index in [1.807, 2.05) is 0 Å². The first-order valence-corrected chi connectivity index (χ1v) is 14.3. The number of allylic oxidation sites excluding steroid dienone is 1. The van der Waals surface area contributed by atoms with Gasteiger partial charge >= 0.3 is 0 Å². The van der Waals surface area contributed by atoms with Crippen molar-refractivity contribution in [3.63, 3.8) is 0 Å². The van der Waals surface area contributed by atoms with Crippen LogP contribution >= 0.6 is 12.6 Å².